The molecular formula is C22H27ClN4O5. The maximum Gasteiger partial charge on any atom is 0.246 e. The predicted octanol–water partition coefficient (Wildman–Crippen LogP) is 1.89. The minimum absolute atomic E-state index is 0.120. The van der Waals surface area contributed by atoms with Crippen LogP contribution in [0.4, 0.5) is 0 Å². The summed E-state index contributed by atoms with van der Waals surface area (Å²) in [6.07, 6.45) is 1.69. The second-order valence-electron chi connectivity index (χ2n) is 8.79. The number of aromatic nitrogens is 1. The normalized spacial score (nSPS) is 19.5. The van der Waals surface area contributed by atoms with E-state index < -0.39 is 35.4 Å². The lowest BCUT2D eigenvalue weighted by molar-refractivity contribution is -0.142. The predicted molar refractivity (Wildman–Crippen MR) is 119 cm³/mol. The molecule has 1 aliphatic heterocycles. The highest BCUT2D eigenvalue weighted by Crippen LogP contribution is 2.35. The first-order valence-electron chi connectivity index (χ1n) is 10.1. The zero-order valence-electron chi connectivity index (χ0n) is 18.4. The van der Waals surface area contributed by atoms with E-state index in [2.05, 4.69) is 10.3 Å². The molecule has 1 saturated heterocycles. The van der Waals surface area contributed by atoms with Gasteiger partial charge in [-0.15, -0.1) is 0 Å². The quantitative estimate of drug-likeness (QED) is 0.605. The third-order valence-corrected chi connectivity index (χ3v) is 5.73. The number of carbonyl (C=O) groups excluding carboxylic acids is 3. The van der Waals surface area contributed by atoms with E-state index >= 15 is 0 Å². The molecule has 9 nitrogen and oxygen atoms in total. The van der Waals surface area contributed by atoms with Gasteiger partial charge in [-0.3, -0.25) is 14.4 Å². The Kier molecular flexibility index (Phi) is 6.78. The molecule has 10 heteroatoms. The van der Waals surface area contributed by atoms with E-state index in [4.69, 9.17) is 26.8 Å². The smallest absolute Gasteiger partial charge is 0.246 e. The van der Waals surface area contributed by atoms with Crippen LogP contribution in [0.2, 0.25) is 5.02 Å². The number of benzene rings is 1. The molecule has 0 bridgehead atoms. The molecule has 0 saturated carbocycles. The van der Waals surface area contributed by atoms with Crippen LogP contribution in [0.15, 0.2) is 24.4 Å². The molecule has 3 amide bonds. The molecule has 1 unspecified atom stereocenters. The fraction of sp³-hybridized carbons (Fsp3) is 0.455. The van der Waals surface area contributed by atoms with Crippen LogP contribution in [0.5, 0.6) is 11.6 Å². The fourth-order valence-electron chi connectivity index (χ4n) is 3.90. The number of fused-ring (bicyclic) bond motifs is 1. The van der Waals surface area contributed by atoms with Crippen LogP contribution in [0, 0.1) is 5.41 Å². The van der Waals surface area contributed by atoms with E-state index in [9.17, 15) is 14.4 Å². The van der Waals surface area contributed by atoms with Gasteiger partial charge >= 0.3 is 0 Å². The average molecular weight is 463 g/mol. The molecule has 2 heterocycles. The van der Waals surface area contributed by atoms with E-state index in [1.54, 1.807) is 31.5 Å². The van der Waals surface area contributed by atoms with Crippen LogP contribution in [-0.4, -0.2) is 60.0 Å². The van der Waals surface area contributed by atoms with E-state index in [0.29, 0.717) is 28.4 Å². The number of hydrogen-bond donors (Lipinski definition) is 2. The van der Waals surface area contributed by atoms with Crippen LogP contribution in [0.1, 0.15) is 27.2 Å². The maximum absolute atomic E-state index is 13.2. The number of methoxy groups -OCH3 is 1. The fourth-order valence-corrected chi connectivity index (χ4v) is 4.07. The summed E-state index contributed by atoms with van der Waals surface area (Å²) in [7, 11) is 1.54. The number of ether oxygens (including phenoxy) is 2. The summed E-state index contributed by atoms with van der Waals surface area (Å²) in [6.45, 7) is 5.60. The van der Waals surface area contributed by atoms with E-state index in [0.717, 1.165) is 5.39 Å². The molecule has 1 fully saturated rings. The molecule has 3 rings (SSSR count). The molecule has 3 atom stereocenters. The number of amides is 3. The second-order valence-corrected chi connectivity index (χ2v) is 9.23. The van der Waals surface area contributed by atoms with Crippen molar-refractivity contribution in [1.82, 2.24) is 15.2 Å². The number of nitrogens with zero attached hydrogens (tertiary/aromatic N) is 2. The number of carbonyl (C=O) groups is 3. The molecule has 1 aromatic heterocycles. The highest BCUT2D eigenvalue weighted by atomic mass is 35.5. The highest BCUT2D eigenvalue weighted by molar-refractivity contribution is 6.31. The van der Waals surface area contributed by atoms with Crippen molar-refractivity contribution in [2.45, 2.75) is 45.4 Å². The van der Waals surface area contributed by atoms with Crippen LogP contribution >= 0.6 is 11.6 Å². The Hall–Kier alpha value is -3.07. The number of pyridine rings is 1. The number of likely N-dealkylation sites (tertiary alicyclic amines) is 1. The molecule has 0 spiro atoms. The Labute approximate surface area is 191 Å². The maximum atomic E-state index is 13.2. The topological polar surface area (TPSA) is 124 Å². The van der Waals surface area contributed by atoms with Crippen molar-refractivity contribution in [1.29, 1.82) is 0 Å². The van der Waals surface area contributed by atoms with E-state index in [-0.39, 0.29) is 13.0 Å². The van der Waals surface area contributed by atoms with Crippen LogP contribution in [-0.2, 0) is 14.4 Å². The molecule has 32 heavy (non-hydrogen) atoms. The summed E-state index contributed by atoms with van der Waals surface area (Å²) in [6, 6.07) is 3.58. The van der Waals surface area contributed by atoms with Gasteiger partial charge < -0.3 is 25.4 Å². The third-order valence-electron chi connectivity index (χ3n) is 5.50. The number of halogens is 1. The largest absolute Gasteiger partial charge is 0.494 e. The van der Waals surface area contributed by atoms with Gasteiger partial charge in [-0.05, 0) is 23.6 Å². The lowest BCUT2D eigenvalue weighted by Crippen LogP contribution is -2.56. The van der Waals surface area contributed by atoms with Crippen molar-refractivity contribution < 1.29 is 23.9 Å². The summed E-state index contributed by atoms with van der Waals surface area (Å²) >= 11 is 6.17. The van der Waals surface area contributed by atoms with Gasteiger partial charge in [-0.2, -0.15) is 0 Å². The Morgan fingerprint density at radius 2 is 2.06 bits per heavy atom. The number of primary amides is 1. The van der Waals surface area contributed by atoms with Gasteiger partial charge in [0.1, 0.15) is 23.9 Å². The van der Waals surface area contributed by atoms with Crippen molar-refractivity contribution >= 4 is 40.6 Å². The average Bonchev–Trinajstić information content (AvgIpc) is 3.15. The van der Waals surface area contributed by atoms with Crippen molar-refractivity contribution in [3.8, 4) is 11.6 Å². The van der Waals surface area contributed by atoms with Gasteiger partial charge in [0.2, 0.25) is 24.1 Å². The molecule has 2 aromatic rings. The summed E-state index contributed by atoms with van der Waals surface area (Å²) in [4.78, 5) is 42.1. The van der Waals surface area contributed by atoms with Crippen LogP contribution in [0.25, 0.3) is 10.8 Å². The zero-order valence-corrected chi connectivity index (χ0v) is 19.2. The molecular weight excluding hydrogens is 436 g/mol. The lowest BCUT2D eigenvalue weighted by Gasteiger charge is -2.34. The monoisotopic (exact) mass is 462 g/mol. The van der Waals surface area contributed by atoms with Gasteiger partial charge in [0, 0.05) is 22.2 Å². The van der Waals surface area contributed by atoms with Crippen LogP contribution in [0.3, 0.4) is 0 Å². The number of nitrogens with one attached hydrogen (secondary N) is 1. The summed E-state index contributed by atoms with van der Waals surface area (Å²) in [5.41, 5.74) is 5.02. The Morgan fingerprint density at radius 3 is 2.66 bits per heavy atom. The zero-order chi connectivity index (χ0) is 23.6. The second kappa shape index (κ2) is 9.20. The van der Waals surface area contributed by atoms with E-state index in [1.807, 2.05) is 20.8 Å². The lowest BCUT2D eigenvalue weighted by atomic mass is 9.85. The summed E-state index contributed by atoms with van der Waals surface area (Å²) in [5.74, 6) is -0.159. The number of nitrogens with two attached hydrogens (primary N) is 1. The third kappa shape index (κ3) is 4.72. The molecule has 0 aliphatic carbocycles. The van der Waals surface area contributed by atoms with Crippen LogP contribution < -0.4 is 20.5 Å². The van der Waals surface area contributed by atoms with Gasteiger partial charge in [-0.25, -0.2) is 4.98 Å². The Morgan fingerprint density at radius 1 is 1.34 bits per heavy atom. The number of hydrogen-bond acceptors (Lipinski definition) is 6. The molecule has 3 N–H and O–H groups in total. The first kappa shape index (κ1) is 23.6. The van der Waals surface area contributed by atoms with Crippen molar-refractivity contribution in [2.75, 3.05) is 13.7 Å². The van der Waals surface area contributed by atoms with Crippen molar-refractivity contribution in [2.24, 2.45) is 11.1 Å². The Bertz CT molecular complexity index is 1040. The summed E-state index contributed by atoms with van der Waals surface area (Å²) < 4.78 is 11.5. The Balaban J connectivity index is 1.90. The number of rotatable bonds is 7. The van der Waals surface area contributed by atoms with Gasteiger partial charge in [-0.1, -0.05) is 32.4 Å². The van der Waals surface area contributed by atoms with Gasteiger partial charge in [0.25, 0.3) is 0 Å². The van der Waals surface area contributed by atoms with Crippen molar-refractivity contribution in [3.05, 3.63) is 29.4 Å². The molecule has 1 aromatic carbocycles. The highest BCUT2D eigenvalue weighted by Gasteiger charge is 2.44. The van der Waals surface area contributed by atoms with Gasteiger partial charge in [0.15, 0.2) is 0 Å². The molecule has 172 valence electrons. The first-order chi connectivity index (χ1) is 15.1. The minimum Gasteiger partial charge on any atom is -0.494 e. The summed E-state index contributed by atoms with van der Waals surface area (Å²) in [5, 5.41) is 4.48. The minimum atomic E-state index is -0.862. The first-order valence-corrected chi connectivity index (χ1v) is 10.5. The molecule has 1 aliphatic rings. The van der Waals surface area contributed by atoms with Crippen molar-refractivity contribution in [3.63, 3.8) is 0 Å². The van der Waals surface area contributed by atoms with Gasteiger partial charge in [0.05, 0.1) is 19.9 Å². The van der Waals surface area contributed by atoms with E-state index in [1.165, 1.54) is 4.90 Å². The molecule has 0 radical (unpaired) electrons. The SMILES string of the molecule is COc1cnc(O[C@@H]2CC(C(N)=O)N(C(=O)[C@@H](NC=O)C(C)(C)C)C2)c2cc(Cl)ccc12. The standard InChI is InChI=1S/C22H27ClN4O5/c1-22(2,3)18(26-11-28)21(30)27-10-13(8-16(27)19(24)29)32-20-15-7-12(23)5-6-14(15)17(31-4)9-25-20/h5-7,9,11,13,16,18H,8,10H2,1-4H3,(H2,24,29)(H,26,28)/t13-,16?,18-/m1/s1.